The third-order valence-electron chi connectivity index (χ3n) is 3.33. The lowest BCUT2D eigenvalue weighted by Gasteiger charge is -2.36. The van der Waals surface area contributed by atoms with Crippen LogP contribution in [0.4, 0.5) is 0 Å². The Morgan fingerprint density at radius 3 is 3.05 bits per heavy atom. The number of nitrogens with zero attached hydrogens (tertiary/aromatic N) is 2. The van der Waals surface area contributed by atoms with Crippen LogP contribution in [0.5, 0.6) is 0 Å². The Morgan fingerprint density at radius 1 is 1.58 bits per heavy atom. The summed E-state index contributed by atoms with van der Waals surface area (Å²) in [5.74, 6) is -0.155. The smallest absolute Gasteiger partial charge is 0.270 e. The quantitative estimate of drug-likeness (QED) is 0.850. The number of halogens is 1. The zero-order chi connectivity index (χ0) is 13.8. The second-order valence-corrected chi connectivity index (χ2v) is 5.56. The number of likely N-dealkylation sites (tertiary alicyclic amines) is 1. The molecule has 1 saturated heterocycles. The molecular formula is C13H18BrN3O2. The number of likely N-dealkylation sites (N-methyl/N-ethyl adjacent to an activating group) is 1. The van der Waals surface area contributed by atoms with Gasteiger partial charge in [0.2, 0.25) is 0 Å². The molecule has 2 unspecified atom stereocenters. The van der Waals surface area contributed by atoms with Gasteiger partial charge in [0.05, 0.1) is 12.1 Å². The third kappa shape index (κ3) is 3.75. The molecule has 1 aliphatic heterocycles. The maximum Gasteiger partial charge on any atom is 0.270 e. The lowest BCUT2D eigenvalue weighted by atomic mass is 10.0. The zero-order valence-electron chi connectivity index (χ0n) is 11.1. The lowest BCUT2D eigenvalue weighted by molar-refractivity contribution is 0.0141. The minimum atomic E-state index is -0.155. The molecule has 0 spiro atoms. The van der Waals surface area contributed by atoms with Crippen LogP contribution >= 0.6 is 15.9 Å². The molecule has 5 nitrogen and oxygen atoms in total. The lowest BCUT2D eigenvalue weighted by Crippen LogP contribution is -2.53. The number of piperidine rings is 1. The fraction of sp³-hybridized carbons (Fsp3) is 0.538. The van der Waals surface area contributed by atoms with Crippen molar-refractivity contribution in [2.24, 2.45) is 0 Å². The van der Waals surface area contributed by atoms with Gasteiger partial charge in [-0.2, -0.15) is 0 Å². The van der Waals surface area contributed by atoms with Gasteiger partial charge in [0.15, 0.2) is 0 Å². The number of ether oxygens (including phenoxy) is 1. The number of rotatable bonds is 3. The van der Waals surface area contributed by atoms with Crippen molar-refractivity contribution in [1.29, 1.82) is 0 Å². The minimum Gasteiger partial charge on any atom is -0.378 e. The molecule has 19 heavy (non-hydrogen) atoms. The summed E-state index contributed by atoms with van der Waals surface area (Å²) < 4.78 is 6.11. The number of carbonyl (C=O) groups is 1. The first-order valence-electron chi connectivity index (χ1n) is 6.25. The monoisotopic (exact) mass is 327 g/mol. The van der Waals surface area contributed by atoms with E-state index < -0.39 is 0 Å². The standard InChI is InChI=1S/C13H18BrN3O2/c1-17-7-6-9(11(8-17)19-2)16-13(18)10-4-3-5-12(14)15-10/h3-5,9,11H,6-8H2,1-2H3,(H,16,18). The fourth-order valence-corrected chi connectivity index (χ4v) is 2.60. The normalized spacial score (nSPS) is 24.2. The number of hydrogen-bond donors (Lipinski definition) is 1. The van der Waals surface area contributed by atoms with E-state index >= 15 is 0 Å². The van der Waals surface area contributed by atoms with Gasteiger partial charge in [-0.25, -0.2) is 4.98 Å². The number of amides is 1. The number of carbonyl (C=O) groups excluding carboxylic acids is 1. The fourth-order valence-electron chi connectivity index (χ4n) is 2.25. The van der Waals surface area contributed by atoms with Crippen LogP contribution in [0.15, 0.2) is 22.8 Å². The van der Waals surface area contributed by atoms with Crippen LogP contribution in [0.25, 0.3) is 0 Å². The maximum absolute atomic E-state index is 12.1. The summed E-state index contributed by atoms with van der Waals surface area (Å²) in [6.07, 6.45) is 0.907. The van der Waals surface area contributed by atoms with Crippen LogP contribution in [-0.4, -0.2) is 55.2 Å². The van der Waals surface area contributed by atoms with Crippen molar-refractivity contribution < 1.29 is 9.53 Å². The number of nitrogens with one attached hydrogen (secondary N) is 1. The van der Waals surface area contributed by atoms with Gasteiger partial charge < -0.3 is 15.0 Å². The van der Waals surface area contributed by atoms with E-state index in [1.54, 1.807) is 25.3 Å². The Kier molecular flexibility index (Phi) is 4.90. The van der Waals surface area contributed by atoms with Gasteiger partial charge in [-0.15, -0.1) is 0 Å². The molecule has 2 rings (SSSR count). The van der Waals surface area contributed by atoms with Crippen LogP contribution in [0.2, 0.25) is 0 Å². The predicted molar refractivity (Wildman–Crippen MR) is 76.1 cm³/mol. The largest absolute Gasteiger partial charge is 0.378 e. The van der Waals surface area contributed by atoms with Crippen LogP contribution in [0.1, 0.15) is 16.9 Å². The van der Waals surface area contributed by atoms with Crippen LogP contribution < -0.4 is 5.32 Å². The number of methoxy groups -OCH3 is 1. The Bertz CT molecular complexity index is 455. The summed E-state index contributed by atoms with van der Waals surface area (Å²) in [4.78, 5) is 18.5. The highest BCUT2D eigenvalue weighted by atomic mass is 79.9. The predicted octanol–water partition coefficient (Wildman–Crippen LogP) is 1.29. The van der Waals surface area contributed by atoms with Crippen molar-refractivity contribution >= 4 is 21.8 Å². The van der Waals surface area contributed by atoms with Crippen molar-refractivity contribution in [3.05, 3.63) is 28.5 Å². The number of pyridine rings is 1. The Labute approximate surface area is 121 Å². The molecule has 1 N–H and O–H groups in total. The maximum atomic E-state index is 12.1. The zero-order valence-corrected chi connectivity index (χ0v) is 12.7. The first-order chi connectivity index (χ1) is 9.10. The van der Waals surface area contributed by atoms with E-state index in [9.17, 15) is 4.79 Å². The van der Waals surface area contributed by atoms with E-state index in [1.807, 2.05) is 0 Å². The van der Waals surface area contributed by atoms with Crippen molar-refractivity contribution in [3.63, 3.8) is 0 Å². The molecule has 1 aliphatic rings. The van der Waals surface area contributed by atoms with Gasteiger partial charge in [-0.3, -0.25) is 4.79 Å². The second kappa shape index (κ2) is 6.45. The van der Waals surface area contributed by atoms with E-state index in [0.29, 0.717) is 10.3 Å². The van der Waals surface area contributed by atoms with Crippen molar-refractivity contribution in [2.75, 3.05) is 27.2 Å². The SMILES string of the molecule is COC1CN(C)CCC1NC(=O)c1cccc(Br)n1. The van der Waals surface area contributed by atoms with Crippen LogP contribution in [-0.2, 0) is 4.74 Å². The summed E-state index contributed by atoms with van der Waals surface area (Å²) in [6.45, 7) is 1.78. The van der Waals surface area contributed by atoms with Gasteiger partial charge in [0, 0.05) is 13.7 Å². The van der Waals surface area contributed by atoms with Gasteiger partial charge in [0.25, 0.3) is 5.91 Å². The summed E-state index contributed by atoms with van der Waals surface area (Å²) >= 11 is 3.27. The highest BCUT2D eigenvalue weighted by Crippen LogP contribution is 2.13. The Morgan fingerprint density at radius 2 is 2.37 bits per heavy atom. The highest BCUT2D eigenvalue weighted by Gasteiger charge is 2.29. The van der Waals surface area contributed by atoms with Gasteiger partial charge in [-0.1, -0.05) is 6.07 Å². The average molecular weight is 328 g/mol. The molecule has 0 saturated carbocycles. The van der Waals surface area contributed by atoms with E-state index in [0.717, 1.165) is 19.5 Å². The average Bonchev–Trinajstić information content (AvgIpc) is 2.40. The summed E-state index contributed by atoms with van der Waals surface area (Å²) in [7, 11) is 3.74. The molecule has 1 amide bonds. The van der Waals surface area contributed by atoms with E-state index in [-0.39, 0.29) is 18.1 Å². The molecule has 1 aromatic rings. The van der Waals surface area contributed by atoms with Crippen LogP contribution in [0, 0.1) is 0 Å². The first-order valence-corrected chi connectivity index (χ1v) is 7.04. The Balaban J connectivity index is 2.02. The number of hydrogen-bond acceptors (Lipinski definition) is 4. The summed E-state index contributed by atoms with van der Waals surface area (Å²) in [5, 5.41) is 3.01. The molecule has 2 heterocycles. The molecule has 0 aromatic carbocycles. The molecule has 1 aromatic heterocycles. The molecule has 2 atom stereocenters. The van der Waals surface area contributed by atoms with Crippen molar-refractivity contribution in [2.45, 2.75) is 18.6 Å². The van der Waals surface area contributed by atoms with Crippen LogP contribution in [0.3, 0.4) is 0 Å². The second-order valence-electron chi connectivity index (χ2n) is 4.75. The molecule has 6 heteroatoms. The molecule has 0 bridgehead atoms. The van der Waals surface area contributed by atoms with E-state index in [4.69, 9.17) is 4.74 Å². The molecule has 0 aliphatic carbocycles. The van der Waals surface area contributed by atoms with Crippen molar-refractivity contribution in [3.8, 4) is 0 Å². The minimum absolute atomic E-state index is 0.0230. The summed E-state index contributed by atoms with van der Waals surface area (Å²) in [5.41, 5.74) is 0.420. The van der Waals surface area contributed by atoms with Gasteiger partial charge in [0.1, 0.15) is 10.3 Å². The molecule has 0 radical (unpaired) electrons. The van der Waals surface area contributed by atoms with E-state index in [1.165, 1.54) is 0 Å². The molecule has 104 valence electrons. The highest BCUT2D eigenvalue weighted by molar-refractivity contribution is 9.10. The number of aromatic nitrogens is 1. The summed E-state index contributed by atoms with van der Waals surface area (Å²) in [6, 6.07) is 5.34. The van der Waals surface area contributed by atoms with Crippen molar-refractivity contribution in [1.82, 2.24) is 15.2 Å². The molecule has 1 fully saturated rings. The molecular weight excluding hydrogens is 310 g/mol. The third-order valence-corrected chi connectivity index (χ3v) is 3.77. The van der Waals surface area contributed by atoms with Gasteiger partial charge >= 0.3 is 0 Å². The van der Waals surface area contributed by atoms with Gasteiger partial charge in [-0.05, 0) is 48.1 Å². The Hall–Kier alpha value is -0.980. The van der Waals surface area contributed by atoms with E-state index in [2.05, 4.69) is 38.2 Å². The first kappa shape index (κ1) is 14.4. The topological polar surface area (TPSA) is 54.5 Å².